The van der Waals surface area contributed by atoms with E-state index < -0.39 is 5.92 Å². The predicted octanol–water partition coefficient (Wildman–Crippen LogP) is 2.88. The summed E-state index contributed by atoms with van der Waals surface area (Å²) in [4.78, 5) is 26.7. The topological polar surface area (TPSA) is 117 Å². The molecule has 1 aromatic heterocycles. The Bertz CT molecular complexity index is 1240. The number of nitriles is 1. The van der Waals surface area contributed by atoms with Crippen LogP contribution in [-0.4, -0.2) is 34.7 Å². The molecule has 3 N–H and O–H groups in total. The number of anilines is 2. The smallest absolute Gasteiger partial charge is 0.227 e. The van der Waals surface area contributed by atoms with Crippen LogP contribution in [-0.2, 0) is 16.0 Å². The van der Waals surface area contributed by atoms with E-state index in [-0.39, 0.29) is 35.4 Å². The largest absolute Gasteiger partial charge is 0.382 e. The molecule has 0 spiro atoms. The lowest BCUT2D eigenvalue weighted by molar-refractivity contribution is -0.126. The van der Waals surface area contributed by atoms with Gasteiger partial charge in [0.25, 0.3) is 0 Å². The molecule has 4 rings (SSSR count). The monoisotopic (exact) mass is 460 g/mol. The van der Waals surface area contributed by atoms with Gasteiger partial charge in [-0.1, -0.05) is 17.7 Å². The quantitative estimate of drug-likeness (QED) is 0.526. The summed E-state index contributed by atoms with van der Waals surface area (Å²) in [5.74, 6) is -0.827. The van der Waals surface area contributed by atoms with Gasteiger partial charge in [0.15, 0.2) is 0 Å². The molecule has 0 bridgehead atoms. The van der Waals surface area contributed by atoms with Crippen LogP contribution in [0, 0.1) is 30.0 Å². The van der Waals surface area contributed by atoms with Gasteiger partial charge >= 0.3 is 0 Å². The zero-order valence-corrected chi connectivity index (χ0v) is 18.8. The van der Waals surface area contributed by atoms with Crippen LogP contribution in [0.5, 0.6) is 0 Å². The van der Waals surface area contributed by atoms with E-state index in [9.17, 15) is 19.2 Å². The first kappa shape index (κ1) is 23.0. The van der Waals surface area contributed by atoms with Crippen molar-refractivity contribution in [1.82, 2.24) is 15.1 Å². The standard InChI is InChI=1S/C25H25FN6O2/c1-16-4-8-19(9-5-16)31-15-17(13-23(31)33)25(34)29-12-2-3-22-21(14-27)24(28)32(30-22)20-10-6-18(26)7-11-20/h4-11,17H,2-3,12-13,15,28H2,1H3,(H,29,34)/t17-/m0/s1. The Kier molecular flexibility index (Phi) is 6.59. The Morgan fingerprint density at radius 1 is 1.21 bits per heavy atom. The highest BCUT2D eigenvalue weighted by Gasteiger charge is 2.34. The molecule has 1 saturated heterocycles. The number of benzene rings is 2. The molecule has 3 aromatic rings. The van der Waals surface area contributed by atoms with E-state index in [0.717, 1.165) is 11.3 Å². The van der Waals surface area contributed by atoms with Gasteiger partial charge in [-0.25, -0.2) is 9.07 Å². The third-order valence-electron chi connectivity index (χ3n) is 5.91. The number of aryl methyl sites for hydroxylation is 2. The second-order valence-corrected chi connectivity index (χ2v) is 8.34. The molecule has 0 saturated carbocycles. The number of carbonyl (C=O) groups excluding carboxylic acids is 2. The summed E-state index contributed by atoms with van der Waals surface area (Å²) in [6.07, 6.45) is 1.15. The van der Waals surface area contributed by atoms with Crippen LogP contribution in [0.3, 0.4) is 0 Å². The Morgan fingerprint density at radius 2 is 1.88 bits per heavy atom. The van der Waals surface area contributed by atoms with Crippen molar-refractivity contribution in [3.8, 4) is 11.8 Å². The summed E-state index contributed by atoms with van der Waals surface area (Å²) < 4.78 is 14.6. The van der Waals surface area contributed by atoms with Crippen LogP contribution in [0.1, 0.15) is 29.7 Å². The van der Waals surface area contributed by atoms with Gasteiger partial charge in [0.2, 0.25) is 11.8 Å². The maximum absolute atomic E-state index is 13.2. The normalized spacial score (nSPS) is 15.4. The van der Waals surface area contributed by atoms with Gasteiger partial charge < -0.3 is 16.0 Å². The summed E-state index contributed by atoms with van der Waals surface area (Å²) >= 11 is 0. The summed E-state index contributed by atoms with van der Waals surface area (Å²) in [5.41, 5.74) is 9.32. The fourth-order valence-electron chi connectivity index (χ4n) is 4.02. The Balaban J connectivity index is 1.32. The van der Waals surface area contributed by atoms with Gasteiger partial charge in [-0.05, 0) is 56.2 Å². The van der Waals surface area contributed by atoms with Crippen molar-refractivity contribution in [2.75, 3.05) is 23.7 Å². The van der Waals surface area contributed by atoms with E-state index in [1.165, 1.54) is 28.9 Å². The first-order valence-electron chi connectivity index (χ1n) is 11.1. The molecule has 2 amide bonds. The average Bonchev–Trinajstić information content (AvgIpc) is 3.37. The van der Waals surface area contributed by atoms with Crippen LogP contribution in [0.4, 0.5) is 15.9 Å². The van der Waals surface area contributed by atoms with Gasteiger partial charge in [-0.15, -0.1) is 0 Å². The maximum Gasteiger partial charge on any atom is 0.227 e. The molecule has 0 radical (unpaired) electrons. The van der Waals surface area contributed by atoms with Crippen LogP contribution in [0.2, 0.25) is 0 Å². The molecule has 9 heteroatoms. The van der Waals surface area contributed by atoms with Crippen molar-refractivity contribution >= 4 is 23.3 Å². The Morgan fingerprint density at radius 3 is 2.56 bits per heavy atom. The fourth-order valence-corrected chi connectivity index (χ4v) is 4.02. The highest BCUT2D eigenvalue weighted by atomic mass is 19.1. The second-order valence-electron chi connectivity index (χ2n) is 8.34. The summed E-state index contributed by atoms with van der Waals surface area (Å²) in [5, 5.41) is 16.8. The SMILES string of the molecule is Cc1ccc(N2C[C@@H](C(=O)NCCCc3nn(-c4ccc(F)cc4)c(N)c3C#N)CC2=O)cc1. The third kappa shape index (κ3) is 4.76. The van der Waals surface area contributed by atoms with Crippen LogP contribution >= 0.6 is 0 Å². The first-order chi connectivity index (χ1) is 16.4. The van der Waals surface area contributed by atoms with Gasteiger partial charge in [-0.2, -0.15) is 10.4 Å². The minimum atomic E-state index is -0.406. The van der Waals surface area contributed by atoms with Crippen LogP contribution < -0.4 is 16.0 Å². The number of nitrogens with two attached hydrogens (primary N) is 1. The molecule has 34 heavy (non-hydrogen) atoms. The lowest BCUT2D eigenvalue weighted by atomic mass is 10.1. The number of aromatic nitrogens is 2. The van der Waals surface area contributed by atoms with Crippen molar-refractivity contribution < 1.29 is 14.0 Å². The van der Waals surface area contributed by atoms with Crippen molar-refractivity contribution in [2.24, 2.45) is 5.92 Å². The zero-order chi connectivity index (χ0) is 24.2. The molecule has 2 aromatic carbocycles. The van der Waals surface area contributed by atoms with E-state index in [1.54, 1.807) is 4.90 Å². The number of rotatable bonds is 7. The summed E-state index contributed by atoms with van der Waals surface area (Å²) in [6.45, 7) is 2.71. The number of halogens is 1. The average molecular weight is 461 g/mol. The second kappa shape index (κ2) is 9.75. The van der Waals surface area contributed by atoms with Gasteiger partial charge in [0, 0.05) is 25.2 Å². The number of carbonyl (C=O) groups is 2. The van der Waals surface area contributed by atoms with E-state index in [1.807, 2.05) is 31.2 Å². The number of hydrogen-bond donors (Lipinski definition) is 2. The van der Waals surface area contributed by atoms with Crippen molar-refractivity contribution in [2.45, 2.75) is 26.2 Å². The van der Waals surface area contributed by atoms with Gasteiger partial charge in [0.1, 0.15) is 23.3 Å². The molecule has 1 atom stereocenters. The summed E-state index contributed by atoms with van der Waals surface area (Å²) in [7, 11) is 0. The lowest BCUT2D eigenvalue weighted by Gasteiger charge is -2.17. The Labute approximate surface area is 196 Å². The number of hydrogen-bond acceptors (Lipinski definition) is 5. The maximum atomic E-state index is 13.2. The Hall–Kier alpha value is -4.19. The summed E-state index contributed by atoms with van der Waals surface area (Å²) in [6, 6.07) is 15.4. The molecular formula is C25H25FN6O2. The number of nitrogens with zero attached hydrogens (tertiary/aromatic N) is 4. The van der Waals surface area contributed by atoms with E-state index in [0.29, 0.717) is 37.3 Å². The van der Waals surface area contributed by atoms with E-state index >= 15 is 0 Å². The predicted molar refractivity (Wildman–Crippen MR) is 126 cm³/mol. The molecular weight excluding hydrogens is 435 g/mol. The molecule has 0 unspecified atom stereocenters. The van der Waals surface area contributed by atoms with Crippen molar-refractivity contribution in [3.63, 3.8) is 0 Å². The lowest BCUT2D eigenvalue weighted by Crippen LogP contribution is -2.33. The highest BCUT2D eigenvalue weighted by Crippen LogP contribution is 2.26. The van der Waals surface area contributed by atoms with Crippen LogP contribution in [0.15, 0.2) is 48.5 Å². The minimum Gasteiger partial charge on any atom is -0.382 e. The fraction of sp³-hybridized carbons (Fsp3) is 0.280. The molecule has 174 valence electrons. The molecule has 0 aliphatic carbocycles. The van der Waals surface area contributed by atoms with Crippen molar-refractivity contribution in [3.05, 3.63) is 71.2 Å². The first-order valence-corrected chi connectivity index (χ1v) is 11.1. The number of amides is 2. The molecule has 1 aliphatic heterocycles. The van der Waals surface area contributed by atoms with Gasteiger partial charge in [0.05, 0.1) is 17.3 Å². The molecule has 8 nitrogen and oxygen atoms in total. The van der Waals surface area contributed by atoms with Crippen LogP contribution in [0.25, 0.3) is 5.69 Å². The van der Waals surface area contributed by atoms with E-state index in [2.05, 4.69) is 16.5 Å². The molecule has 2 heterocycles. The highest BCUT2D eigenvalue weighted by molar-refractivity contribution is 6.00. The molecule has 1 aliphatic rings. The minimum absolute atomic E-state index is 0.0653. The molecule has 1 fully saturated rings. The number of nitrogens with one attached hydrogen (secondary N) is 1. The zero-order valence-electron chi connectivity index (χ0n) is 18.8. The van der Waals surface area contributed by atoms with Gasteiger partial charge in [-0.3, -0.25) is 9.59 Å². The van der Waals surface area contributed by atoms with Crippen molar-refractivity contribution in [1.29, 1.82) is 5.26 Å². The van der Waals surface area contributed by atoms with E-state index in [4.69, 9.17) is 5.73 Å². The third-order valence-corrected chi connectivity index (χ3v) is 5.91. The number of nitrogen functional groups attached to an aromatic ring is 1.